The minimum Gasteiger partial charge on any atom is -0.445 e. The Kier molecular flexibility index (Phi) is 5.23. The fourth-order valence-electron chi connectivity index (χ4n) is 2.28. The van der Waals surface area contributed by atoms with Crippen LogP contribution in [0.5, 0.6) is 0 Å². The molecule has 1 aliphatic rings. The molecule has 1 aromatic rings. The van der Waals surface area contributed by atoms with E-state index < -0.39 is 0 Å². The lowest BCUT2D eigenvalue weighted by Crippen LogP contribution is -2.53. The molecule has 4 heteroatoms. The molecule has 1 aliphatic carbocycles. The van der Waals surface area contributed by atoms with Crippen molar-refractivity contribution in [2.75, 3.05) is 6.54 Å². The summed E-state index contributed by atoms with van der Waals surface area (Å²) < 4.78 is 5.21. The molecule has 0 aromatic heterocycles. The Morgan fingerprint density at radius 2 is 1.86 bits per heavy atom. The van der Waals surface area contributed by atoms with Gasteiger partial charge in [0.2, 0.25) is 0 Å². The zero-order valence-corrected chi connectivity index (χ0v) is 13.2. The zero-order chi connectivity index (χ0) is 15.3. The van der Waals surface area contributed by atoms with Crippen molar-refractivity contribution >= 4 is 6.09 Å². The zero-order valence-electron chi connectivity index (χ0n) is 13.2. The first-order valence-electron chi connectivity index (χ1n) is 7.63. The van der Waals surface area contributed by atoms with Gasteiger partial charge in [-0.1, -0.05) is 51.1 Å². The molecular formula is C17H26N2O2. The van der Waals surface area contributed by atoms with Crippen molar-refractivity contribution in [3.05, 3.63) is 35.9 Å². The number of alkyl carbamates (subject to hydrolysis) is 1. The molecule has 0 aliphatic heterocycles. The van der Waals surface area contributed by atoms with Gasteiger partial charge in [0.15, 0.2) is 0 Å². The second kappa shape index (κ2) is 6.94. The molecule has 1 aromatic carbocycles. The molecule has 0 unspecified atom stereocenters. The largest absolute Gasteiger partial charge is 0.445 e. The molecule has 4 nitrogen and oxygen atoms in total. The van der Waals surface area contributed by atoms with Gasteiger partial charge in [0.05, 0.1) is 0 Å². The summed E-state index contributed by atoms with van der Waals surface area (Å²) in [5, 5.41) is 6.44. The number of hydrogen-bond acceptors (Lipinski definition) is 3. The predicted molar refractivity (Wildman–Crippen MR) is 84.0 cm³/mol. The van der Waals surface area contributed by atoms with Crippen LogP contribution in [0.2, 0.25) is 0 Å². The van der Waals surface area contributed by atoms with Crippen molar-refractivity contribution in [3.8, 4) is 0 Å². The number of ether oxygens (including phenoxy) is 1. The first kappa shape index (κ1) is 15.8. The molecule has 0 spiro atoms. The second-order valence-electron chi connectivity index (χ2n) is 7.01. The maximum Gasteiger partial charge on any atom is 0.407 e. The average Bonchev–Trinajstić information content (AvgIpc) is 2.39. The minimum absolute atomic E-state index is 0.241. The monoisotopic (exact) mass is 290 g/mol. The van der Waals surface area contributed by atoms with Gasteiger partial charge in [-0.15, -0.1) is 0 Å². The lowest BCUT2D eigenvalue weighted by atomic mass is 9.85. The molecular weight excluding hydrogens is 264 g/mol. The van der Waals surface area contributed by atoms with E-state index >= 15 is 0 Å². The van der Waals surface area contributed by atoms with Crippen LogP contribution in [0.4, 0.5) is 4.79 Å². The number of benzene rings is 1. The van der Waals surface area contributed by atoms with Gasteiger partial charge in [0.25, 0.3) is 0 Å². The Hall–Kier alpha value is -1.55. The number of rotatable bonds is 5. The topological polar surface area (TPSA) is 50.4 Å². The highest BCUT2D eigenvalue weighted by molar-refractivity contribution is 5.67. The second-order valence-corrected chi connectivity index (χ2v) is 7.01. The van der Waals surface area contributed by atoms with Crippen LogP contribution in [-0.4, -0.2) is 24.7 Å². The summed E-state index contributed by atoms with van der Waals surface area (Å²) in [4.78, 5) is 11.7. The van der Waals surface area contributed by atoms with Gasteiger partial charge in [0.1, 0.15) is 6.61 Å². The van der Waals surface area contributed by atoms with E-state index in [2.05, 4.69) is 31.4 Å². The van der Waals surface area contributed by atoms with Gasteiger partial charge in [-0.3, -0.25) is 0 Å². The minimum atomic E-state index is -0.321. The molecule has 2 N–H and O–H groups in total. The molecule has 1 fully saturated rings. The lowest BCUT2D eigenvalue weighted by Gasteiger charge is -2.37. The van der Waals surface area contributed by atoms with Crippen LogP contribution in [-0.2, 0) is 11.3 Å². The first-order valence-corrected chi connectivity index (χ1v) is 7.63. The molecule has 1 saturated carbocycles. The Morgan fingerprint density at radius 1 is 1.19 bits per heavy atom. The van der Waals surface area contributed by atoms with Crippen molar-refractivity contribution in [2.45, 2.75) is 52.3 Å². The van der Waals surface area contributed by atoms with E-state index in [-0.39, 0.29) is 12.1 Å². The molecule has 0 radical (unpaired) electrons. The fourth-order valence-corrected chi connectivity index (χ4v) is 2.28. The average molecular weight is 290 g/mol. The van der Waals surface area contributed by atoms with Gasteiger partial charge in [-0.05, 0) is 23.8 Å². The Labute approximate surface area is 127 Å². The van der Waals surface area contributed by atoms with E-state index in [4.69, 9.17) is 4.74 Å². The third-order valence-corrected chi connectivity index (χ3v) is 3.59. The van der Waals surface area contributed by atoms with Crippen LogP contribution in [0.25, 0.3) is 0 Å². The van der Waals surface area contributed by atoms with Gasteiger partial charge in [-0.25, -0.2) is 4.79 Å². The predicted octanol–water partition coefficient (Wildman–Crippen LogP) is 3.08. The van der Waals surface area contributed by atoms with E-state index in [1.54, 1.807) is 0 Å². The highest BCUT2D eigenvalue weighted by Crippen LogP contribution is 2.21. The summed E-state index contributed by atoms with van der Waals surface area (Å²) in [5.74, 6) is 0. The molecule has 0 saturated heterocycles. The Bertz CT molecular complexity index is 448. The Morgan fingerprint density at radius 3 is 2.48 bits per heavy atom. The van der Waals surface area contributed by atoms with Crippen LogP contribution < -0.4 is 10.6 Å². The highest BCUT2D eigenvalue weighted by atomic mass is 16.5. The van der Waals surface area contributed by atoms with Gasteiger partial charge in [0, 0.05) is 18.6 Å². The number of nitrogens with one attached hydrogen (secondary N) is 2. The Balaban J connectivity index is 1.58. The molecule has 1 amide bonds. The molecule has 0 atom stereocenters. The quantitative estimate of drug-likeness (QED) is 0.876. The van der Waals surface area contributed by atoms with Crippen LogP contribution in [0.15, 0.2) is 30.3 Å². The van der Waals surface area contributed by atoms with E-state index in [9.17, 15) is 4.79 Å². The third kappa shape index (κ3) is 5.76. The van der Waals surface area contributed by atoms with Crippen LogP contribution in [0, 0.1) is 5.41 Å². The van der Waals surface area contributed by atoms with Gasteiger partial charge in [-0.2, -0.15) is 0 Å². The summed E-state index contributed by atoms with van der Waals surface area (Å²) in [6.07, 6.45) is 1.64. The summed E-state index contributed by atoms with van der Waals surface area (Å²) in [5.41, 5.74) is 1.30. The van der Waals surface area contributed by atoms with E-state index in [1.165, 1.54) is 0 Å². The molecule has 0 heterocycles. The molecule has 0 bridgehead atoms. The van der Waals surface area contributed by atoms with E-state index in [0.717, 1.165) is 24.9 Å². The molecule has 21 heavy (non-hydrogen) atoms. The number of carbonyl (C=O) groups is 1. The normalized spacial score (nSPS) is 21.5. The van der Waals surface area contributed by atoms with Crippen molar-refractivity contribution in [1.29, 1.82) is 0 Å². The number of carbonyl (C=O) groups excluding carboxylic acids is 1. The van der Waals surface area contributed by atoms with Crippen molar-refractivity contribution in [2.24, 2.45) is 5.41 Å². The van der Waals surface area contributed by atoms with Gasteiger partial charge >= 0.3 is 6.09 Å². The third-order valence-electron chi connectivity index (χ3n) is 3.59. The summed E-state index contributed by atoms with van der Waals surface area (Å²) in [6, 6.07) is 10.5. The highest BCUT2D eigenvalue weighted by Gasteiger charge is 2.31. The SMILES string of the molecule is CC(C)(C)CNC1CC(NC(=O)OCc2ccccc2)C1. The van der Waals surface area contributed by atoms with Crippen molar-refractivity contribution in [3.63, 3.8) is 0 Å². The molecule has 116 valence electrons. The summed E-state index contributed by atoms with van der Waals surface area (Å²) in [6.45, 7) is 7.98. The van der Waals surface area contributed by atoms with E-state index in [1.807, 2.05) is 30.3 Å². The van der Waals surface area contributed by atoms with E-state index in [0.29, 0.717) is 18.1 Å². The van der Waals surface area contributed by atoms with Crippen molar-refractivity contribution < 1.29 is 9.53 Å². The first-order chi connectivity index (χ1) is 9.92. The van der Waals surface area contributed by atoms with Crippen LogP contribution in [0.3, 0.4) is 0 Å². The standard InChI is InChI=1S/C17H26N2O2/c1-17(2,3)12-18-14-9-15(10-14)19-16(20)21-11-13-7-5-4-6-8-13/h4-8,14-15,18H,9-12H2,1-3H3,(H,19,20). The smallest absolute Gasteiger partial charge is 0.407 e. The van der Waals surface area contributed by atoms with Gasteiger partial charge < -0.3 is 15.4 Å². The maximum absolute atomic E-state index is 11.7. The van der Waals surface area contributed by atoms with Crippen molar-refractivity contribution in [1.82, 2.24) is 10.6 Å². The number of hydrogen-bond donors (Lipinski definition) is 2. The van der Waals surface area contributed by atoms with Crippen LogP contribution in [0.1, 0.15) is 39.2 Å². The molecule has 2 rings (SSSR count). The summed E-state index contributed by atoms with van der Waals surface area (Å²) >= 11 is 0. The maximum atomic E-state index is 11.7. The van der Waals surface area contributed by atoms with Crippen LogP contribution >= 0.6 is 0 Å². The fraction of sp³-hybridized carbons (Fsp3) is 0.588. The lowest BCUT2D eigenvalue weighted by molar-refractivity contribution is 0.124. The number of amides is 1. The summed E-state index contributed by atoms with van der Waals surface area (Å²) in [7, 11) is 0.